The van der Waals surface area contributed by atoms with Crippen molar-refractivity contribution in [2.75, 3.05) is 5.32 Å². The van der Waals surface area contributed by atoms with Gasteiger partial charge in [-0.25, -0.2) is 0 Å². The van der Waals surface area contributed by atoms with Gasteiger partial charge in [0.05, 0.1) is 5.69 Å². The predicted octanol–water partition coefficient (Wildman–Crippen LogP) is 7.78. The number of hydrogen-bond donors (Lipinski definition) is 1. The van der Waals surface area contributed by atoms with Gasteiger partial charge in [-0.15, -0.1) is 0 Å². The average Bonchev–Trinajstić information content (AvgIpc) is 2.87. The van der Waals surface area contributed by atoms with Crippen LogP contribution in [0.15, 0.2) is 91.0 Å². The Kier molecular flexibility index (Phi) is 7.35. The van der Waals surface area contributed by atoms with E-state index in [4.69, 9.17) is 0 Å². The van der Waals surface area contributed by atoms with Crippen LogP contribution in [0.25, 0.3) is 11.1 Å². The Morgan fingerprint density at radius 1 is 0.657 bits per heavy atom. The van der Waals surface area contributed by atoms with Crippen LogP contribution in [-0.4, -0.2) is 6.04 Å². The van der Waals surface area contributed by atoms with E-state index in [0.717, 1.165) is 0 Å². The first-order valence-electron chi connectivity index (χ1n) is 13.0. The molecule has 1 aliphatic rings. The average molecular weight is 478 g/mol. The lowest BCUT2D eigenvalue weighted by atomic mass is 9.91. The Balaban J connectivity index is 1.74. The lowest BCUT2D eigenvalue weighted by molar-refractivity contribution is 0.463. The van der Waals surface area contributed by atoms with Crippen molar-refractivity contribution < 1.29 is 0 Å². The molecule has 1 N–H and O–H groups in total. The van der Waals surface area contributed by atoms with Crippen molar-refractivity contribution >= 4 is 29.5 Å². The number of aryl methyl sites for hydroxylation is 3. The molecular formula is C33H36NP. The van der Waals surface area contributed by atoms with Crippen LogP contribution < -0.4 is 21.2 Å². The van der Waals surface area contributed by atoms with Crippen molar-refractivity contribution in [2.24, 2.45) is 0 Å². The highest BCUT2D eigenvalue weighted by Gasteiger charge is 2.25. The second-order valence-electron chi connectivity index (χ2n) is 9.96. The van der Waals surface area contributed by atoms with Crippen LogP contribution in [0.1, 0.15) is 48.8 Å². The molecule has 1 nitrogen and oxygen atoms in total. The lowest BCUT2D eigenvalue weighted by Crippen LogP contribution is -2.29. The van der Waals surface area contributed by atoms with Crippen LogP contribution in [0.2, 0.25) is 0 Å². The predicted molar refractivity (Wildman–Crippen MR) is 155 cm³/mol. The molecule has 0 aromatic heterocycles. The number of benzene rings is 4. The summed E-state index contributed by atoms with van der Waals surface area (Å²) in [5.74, 6) is 0. The molecule has 35 heavy (non-hydrogen) atoms. The van der Waals surface area contributed by atoms with Crippen LogP contribution in [-0.2, 0) is 0 Å². The van der Waals surface area contributed by atoms with E-state index in [1.165, 1.54) is 81.5 Å². The third kappa shape index (κ3) is 5.21. The van der Waals surface area contributed by atoms with Crippen molar-refractivity contribution in [3.63, 3.8) is 0 Å². The molecule has 0 aliphatic heterocycles. The summed E-state index contributed by atoms with van der Waals surface area (Å²) in [4.78, 5) is 0. The van der Waals surface area contributed by atoms with Gasteiger partial charge in [-0.05, 0) is 68.8 Å². The first-order valence-corrected chi connectivity index (χ1v) is 14.3. The number of anilines is 1. The summed E-state index contributed by atoms with van der Waals surface area (Å²) in [5, 5.41) is 8.35. The zero-order valence-electron chi connectivity index (χ0n) is 21.2. The van der Waals surface area contributed by atoms with Crippen molar-refractivity contribution in [1.82, 2.24) is 0 Å². The van der Waals surface area contributed by atoms with Crippen LogP contribution in [0.4, 0.5) is 5.69 Å². The van der Waals surface area contributed by atoms with Gasteiger partial charge in [0.25, 0.3) is 0 Å². The summed E-state index contributed by atoms with van der Waals surface area (Å²) < 4.78 is 0. The van der Waals surface area contributed by atoms with E-state index >= 15 is 0 Å². The third-order valence-electron chi connectivity index (χ3n) is 7.21. The van der Waals surface area contributed by atoms with E-state index in [1.807, 2.05) is 0 Å². The minimum absolute atomic E-state index is 0.540. The second kappa shape index (κ2) is 10.8. The fourth-order valence-corrected chi connectivity index (χ4v) is 8.16. The molecule has 4 aromatic carbocycles. The molecule has 0 radical (unpaired) electrons. The fraction of sp³-hybridized carbons (Fsp3) is 0.273. The maximum Gasteiger partial charge on any atom is 0.0507 e. The van der Waals surface area contributed by atoms with Crippen LogP contribution in [0.3, 0.4) is 0 Å². The Morgan fingerprint density at radius 3 is 1.80 bits per heavy atom. The van der Waals surface area contributed by atoms with E-state index in [2.05, 4.69) is 117 Å². The van der Waals surface area contributed by atoms with Crippen molar-refractivity contribution in [3.8, 4) is 11.1 Å². The molecule has 0 amide bonds. The summed E-state index contributed by atoms with van der Waals surface area (Å²) >= 11 is 0. The molecule has 0 bridgehead atoms. The molecule has 0 unspecified atom stereocenters. The fourth-order valence-electron chi connectivity index (χ4n) is 5.72. The molecule has 5 rings (SSSR count). The zero-order valence-corrected chi connectivity index (χ0v) is 22.1. The number of rotatable bonds is 6. The van der Waals surface area contributed by atoms with Gasteiger partial charge < -0.3 is 5.32 Å². The Hall–Kier alpha value is -2.89. The quantitative estimate of drug-likeness (QED) is 0.280. The van der Waals surface area contributed by atoms with E-state index in [9.17, 15) is 0 Å². The van der Waals surface area contributed by atoms with Crippen LogP contribution >= 0.6 is 7.92 Å². The van der Waals surface area contributed by atoms with Gasteiger partial charge in [-0.1, -0.05) is 116 Å². The van der Waals surface area contributed by atoms with E-state index in [0.29, 0.717) is 6.04 Å². The standard InChI is InChI=1S/C33H36NP/c1-24-22-25(2)32(26(3)23-24)30-20-13-21-31(33(30)34-27-14-7-4-8-15-27)35(28-16-9-5-10-17-28)29-18-11-6-12-19-29/h5-6,9-13,16-23,27,34H,4,7-8,14-15H2,1-3H3. The second-order valence-corrected chi connectivity index (χ2v) is 12.1. The Labute approximate surface area is 212 Å². The topological polar surface area (TPSA) is 12.0 Å². The maximum atomic E-state index is 4.12. The van der Waals surface area contributed by atoms with Gasteiger partial charge in [0.1, 0.15) is 0 Å². The monoisotopic (exact) mass is 477 g/mol. The molecule has 0 spiro atoms. The van der Waals surface area contributed by atoms with Gasteiger partial charge in [-0.2, -0.15) is 0 Å². The summed E-state index contributed by atoms with van der Waals surface area (Å²) in [7, 11) is -0.688. The summed E-state index contributed by atoms with van der Waals surface area (Å²) in [6.07, 6.45) is 6.53. The first-order chi connectivity index (χ1) is 17.1. The Morgan fingerprint density at radius 2 is 1.23 bits per heavy atom. The third-order valence-corrected chi connectivity index (χ3v) is 9.70. The molecule has 2 heteroatoms. The Bertz CT molecular complexity index is 1210. The summed E-state index contributed by atoms with van der Waals surface area (Å²) in [6.45, 7) is 6.73. The highest BCUT2D eigenvalue weighted by molar-refractivity contribution is 7.80. The van der Waals surface area contributed by atoms with Crippen molar-refractivity contribution in [1.29, 1.82) is 0 Å². The molecule has 1 saturated carbocycles. The number of nitrogens with one attached hydrogen (secondary N) is 1. The zero-order chi connectivity index (χ0) is 24.2. The van der Waals surface area contributed by atoms with Gasteiger partial charge in [0.2, 0.25) is 0 Å². The smallest absolute Gasteiger partial charge is 0.0507 e. The van der Waals surface area contributed by atoms with E-state index in [-0.39, 0.29) is 0 Å². The van der Waals surface area contributed by atoms with Gasteiger partial charge in [0, 0.05) is 16.9 Å². The minimum Gasteiger partial charge on any atom is -0.381 e. The highest BCUT2D eigenvalue weighted by Crippen LogP contribution is 2.42. The molecule has 178 valence electrons. The molecule has 1 aliphatic carbocycles. The maximum absolute atomic E-state index is 4.12. The van der Waals surface area contributed by atoms with Crippen molar-refractivity contribution in [3.05, 3.63) is 108 Å². The van der Waals surface area contributed by atoms with Gasteiger partial charge in [-0.3, -0.25) is 0 Å². The summed E-state index contributed by atoms with van der Waals surface area (Å²) in [5.41, 5.74) is 8.12. The molecule has 0 heterocycles. The van der Waals surface area contributed by atoms with Crippen molar-refractivity contribution in [2.45, 2.75) is 58.9 Å². The van der Waals surface area contributed by atoms with Gasteiger partial charge in [0.15, 0.2) is 0 Å². The van der Waals surface area contributed by atoms with Gasteiger partial charge >= 0.3 is 0 Å². The normalized spacial score (nSPS) is 14.3. The highest BCUT2D eigenvalue weighted by atomic mass is 31.1. The molecule has 4 aromatic rings. The first kappa shape index (κ1) is 23.8. The molecule has 0 saturated heterocycles. The molecular weight excluding hydrogens is 441 g/mol. The molecule has 0 atom stereocenters. The number of para-hydroxylation sites is 1. The van der Waals surface area contributed by atoms with E-state index < -0.39 is 7.92 Å². The lowest BCUT2D eigenvalue weighted by Gasteiger charge is -2.30. The molecule has 1 fully saturated rings. The largest absolute Gasteiger partial charge is 0.381 e. The number of hydrogen-bond acceptors (Lipinski definition) is 1. The van der Waals surface area contributed by atoms with E-state index in [1.54, 1.807) is 0 Å². The van der Waals surface area contributed by atoms with Crippen LogP contribution in [0, 0.1) is 20.8 Å². The summed E-state index contributed by atoms with van der Waals surface area (Å²) in [6, 6.07) is 34.4. The van der Waals surface area contributed by atoms with Crippen LogP contribution in [0.5, 0.6) is 0 Å². The SMILES string of the molecule is Cc1cc(C)c(-c2cccc(P(c3ccccc3)c3ccccc3)c2NC2CCCCC2)c(C)c1. The minimum atomic E-state index is -0.688.